The Morgan fingerprint density at radius 3 is 2.45 bits per heavy atom. The van der Waals surface area contributed by atoms with Gasteiger partial charge >= 0.3 is 5.97 Å². The zero-order chi connectivity index (χ0) is 14.5. The number of carboxylic acids is 1. The minimum Gasteiger partial charge on any atom is -0.489 e. The van der Waals surface area contributed by atoms with E-state index in [9.17, 15) is 9.90 Å². The summed E-state index contributed by atoms with van der Waals surface area (Å²) < 4.78 is 5.72. The number of hydrogen-bond acceptors (Lipinski definition) is 2. The molecule has 0 bridgehead atoms. The highest BCUT2D eigenvalue weighted by Crippen LogP contribution is 2.25. The van der Waals surface area contributed by atoms with E-state index in [1.807, 2.05) is 50.2 Å². The second kappa shape index (κ2) is 6.24. The van der Waals surface area contributed by atoms with Gasteiger partial charge in [-0.1, -0.05) is 44.2 Å². The van der Waals surface area contributed by atoms with Crippen molar-refractivity contribution < 1.29 is 14.6 Å². The average molecular weight is 270 g/mol. The second-order valence-electron chi connectivity index (χ2n) is 4.98. The molecule has 0 aromatic heterocycles. The molecule has 0 heterocycles. The van der Waals surface area contributed by atoms with Gasteiger partial charge in [-0.05, 0) is 35.2 Å². The fourth-order valence-corrected chi connectivity index (χ4v) is 2.04. The van der Waals surface area contributed by atoms with E-state index in [4.69, 9.17) is 4.74 Å². The molecule has 0 aliphatic carbocycles. The van der Waals surface area contributed by atoms with Crippen molar-refractivity contribution in [3.8, 4) is 5.75 Å². The summed E-state index contributed by atoms with van der Waals surface area (Å²) in [4.78, 5) is 11.2. The molecule has 0 amide bonds. The highest BCUT2D eigenvalue weighted by atomic mass is 16.5. The molecule has 0 aliphatic heterocycles. The first-order valence-electron chi connectivity index (χ1n) is 6.62. The Morgan fingerprint density at radius 2 is 1.85 bits per heavy atom. The summed E-state index contributed by atoms with van der Waals surface area (Å²) in [7, 11) is 0. The van der Waals surface area contributed by atoms with Crippen molar-refractivity contribution in [1.82, 2.24) is 0 Å². The van der Waals surface area contributed by atoms with Crippen LogP contribution in [-0.4, -0.2) is 11.1 Å². The van der Waals surface area contributed by atoms with E-state index in [1.165, 1.54) is 0 Å². The summed E-state index contributed by atoms with van der Waals surface area (Å²) in [5.74, 6) is -0.0627. The molecule has 0 fully saturated rings. The molecule has 3 heteroatoms. The Hall–Kier alpha value is -2.29. The molecule has 3 nitrogen and oxygen atoms in total. The summed E-state index contributed by atoms with van der Waals surface area (Å²) >= 11 is 0. The van der Waals surface area contributed by atoms with E-state index in [0.29, 0.717) is 17.9 Å². The number of carboxylic acid groups (broad SMARTS) is 1. The van der Waals surface area contributed by atoms with Gasteiger partial charge in [0.1, 0.15) is 12.4 Å². The minimum absolute atomic E-state index is 0.140. The van der Waals surface area contributed by atoms with Gasteiger partial charge in [0.05, 0.1) is 5.56 Å². The van der Waals surface area contributed by atoms with Crippen LogP contribution in [0.5, 0.6) is 5.75 Å². The topological polar surface area (TPSA) is 46.5 Å². The monoisotopic (exact) mass is 270 g/mol. The van der Waals surface area contributed by atoms with Gasteiger partial charge in [0.15, 0.2) is 0 Å². The van der Waals surface area contributed by atoms with Crippen LogP contribution in [0.1, 0.15) is 41.3 Å². The Balaban J connectivity index is 2.17. The van der Waals surface area contributed by atoms with Gasteiger partial charge in [0, 0.05) is 0 Å². The number of rotatable bonds is 5. The smallest absolute Gasteiger partial charge is 0.335 e. The minimum atomic E-state index is -0.900. The van der Waals surface area contributed by atoms with Crippen LogP contribution in [0.4, 0.5) is 0 Å². The maximum absolute atomic E-state index is 11.2. The standard InChI is InChI=1S/C17H18O3/c1-12(2)16-10-14(8-9-15(16)17(18)19)20-11-13-6-4-3-5-7-13/h3-10,12H,11H2,1-2H3,(H,18,19). The number of benzene rings is 2. The fraction of sp³-hybridized carbons (Fsp3) is 0.235. The largest absolute Gasteiger partial charge is 0.489 e. The van der Waals surface area contributed by atoms with Crippen LogP contribution in [0, 0.1) is 0 Å². The lowest BCUT2D eigenvalue weighted by Crippen LogP contribution is -2.05. The molecule has 2 aromatic carbocycles. The van der Waals surface area contributed by atoms with E-state index in [2.05, 4.69) is 0 Å². The molecule has 0 unspecified atom stereocenters. The zero-order valence-electron chi connectivity index (χ0n) is 11.7. The van der Waals surface area contributed by atoms with Crippen molar-refractivity contribution in [2.24, 2.45) is 0 Å². The quantitative estimate of drug-likeness (QED) is 0.890. The van der Waals surface area contributed by atoms with Crippen LogP contribution >= 0.6 is 0 Å². The molecule has 0 saturated heterocycles. The third-order valence-electron chi connectivity index (χ3n) is 3.12. The lowest BCUT2D eigenvalue weighted by Gasteiger charge is -2.13. The van der Waals surface area contributed by atoms with Gasteiger partial charge in [-0.3, -0.25) is 0 Å². The van der Waals surface area contributed by atoms with Gasteiger partial charge in [0.25, 0.3) is 0 Å². The van der Waals surface area contributed by atoms with E-state index >= 15 is 0 Å². The van der Waals surface area contributed by atoms with Crippen molar-refractivity contribution in [1.29, 1.82) is 0 Å². The number of hydrogen-bond donors (Lipinski definition) is 1. The molecule has 2 aromatic rings. The van der Waals surface area contributed by atoms with Gasteiger partial charge in [-0.25, -0.2) is 4.79 Å². The third-order valence-corrected chi connectivity index (χ3v) is 3.12. The maximum atomic E-state index is 11.2. The molecule has 0 radical (unpaired) electrons. The zero-order valence-corrected chi connectivity index (χ0v) is 11.7. The van der Waals surface area contributed by atoms with Crippen molar-refractivity contribution in [2.45, 2.75) is 26.4 Å². The molecule has 20 heavy (non-hydrogen) atoms. The summed E-state index contributed by atoms with van der Waals surface area (Å²) in [5, 5.41) is 9.17. The van der Waals surface area contributed by atoms with Crippen LogP contribution in [0.15, 0.2) is 48.5 Å². The average Bonchev–Trinajstić information content (AvgIpc) is 2.45. The predicted octanol–water partition coefficient (Wildman–Crippen LogP) is 4.09. The van der Waals surface area contributed by atoms with Crippen LogP contribution in [0.25, 0.3) is 0 Å². The predicted molar refractivity (Wildman–Crippen MR) is 78.3 cm³/mol. The first-order valence-corrected chi connectivity index (χ1v) is 6.62. The Kier molecular flexibility index (Phi) is 4.41. The number of aromatic carboxylic acids is 1. The first kappa shape index (κ1) is 14.1. The number of carbonyl (C=O) groups is 1. The highest BCUT2D eigenvalue weighted by molar-refractivity contribution is 5.89. The summed E-state index contributed by atoms with van der Waals surface area (Å²) in [6, 6.07) is 15.0. The molecular weight excluding hydrogens is 252 g/mol. The molecular formula is C17H18O3. The molecule has 104 valence electrons. The molecule has 1 N–H and O–H groups in total. The van der Waals surface area contributed by atoms with Crippen LogP contribution in [0.2, 0.25) is 0 Å². The number of ether oxygens (including phenoxy) is 1. The fourth-order valence-electron chi connectivity index (χ4n) is 2.04. The van der Waals surface area contributed by atoms with Crippen LogP contribution in [-0.2, 0) is 6.61 Å². The maximum Gasteiger partial charge on any atom is 0.335 e. The summed E-state index contributed by atoms with van der Waals surface area (Å²) in [6.45, 7) is 4.43. The molecule has 0 atom stereocenters. The van der Waals surface area contributed by atoms with Crippen molar-refractivity contribution in [2.75, 3.05) is 0 Å². The third kappa shape index (κ3) is 3.38. The normalized spacial score (nSPS) is 10.6. The van der Waals surface area contributed by atoms with E-state index in [1.54, 1.807) is 12.1 Å². The Morgan fingerprint density at radius 1 is 1.15 bits per heavy atom. The van der Waals surface area contributed by atoms with E-state index < -0.39 is 5.97 Å². The highest BCUT2D eigenvalue weighted by Gasteiger charge is 2.13. The molecule has 0 saturated carbocycles. The molecule has 2 rings (SSSR count). The Labute approximate surface area is 118 Å². The van der Waals surface area contributed by atoms with Crippen molar-refractivity contribution >= 4 is 5.97 Å². The Bertz CT molecular complexity index is 588. The van der Waals surface area contributed by atoms with Crippen LogP contribution < -0.4 is 4.74 Å². The van der Waals surface area contributed by atoms with Crippen molar-refractivity contribution in [3.05, 3.63) is 65.2 Å². The van der Waals surface area contributed by atoms with E-state index in [-0.39, 0.29) is 5.92 Å². The van der Waals surface area contributed by atoms with E-state index in [0.717, 1.165) is 11.1 Å². The van der Waals surface area contributed by atoms with Gasteiger partial charge in [-0.15, -0.1) is 0 Å². The lowest BCUT2D eigenvalue weighted by molar-refractivity contribution is 0.0695. The summed E-state index contributed by atoms with van der Waals surface area (Å²) in [6.07, 6.45) is 0. The SMILES string of the molecule is CC(C)c1cc(OCc2ccccc2)ccc1C(=O)O. The lowest BCUT2D eigenvalue weighted by atomic mass is 9.97. The molecule has 0 aliphatic rings. The van der Waals surface area contributed by atoms with Gasteiger partial charge < -0.3 is 9.84 Å². The first-order chi connectivity index (χ1) is 9.58. The second-order valence-corrected chi connectivity index (χ2v) is 4.98. The van der Waals surface area contributed by atoms with Gasteiger partial charge in [0.2, 0.25) is 0 Å². The summed E-state index contributed by atoms with van der Waals surface area (Å²) in [5.41, 5.74) is 2.22. The van der Waals surface area contributed by atoms with Crippen LogP contribution in [0.3, 0.4) is 0 Å². The van der Waals surface area contributed by atoms with Crippen molar-refractivity contribution in [3.63, 3.8) is 0 Å². The molecule has 0 spiro atoms. The van der Waals surface area contributed by atoms with Gasteiger partial charge in [-0.2, -0.15) is 0 Å².